The molecule has 0 amide bonds. The van der Waals surface area contributed by atoms with Crippen molar-refractivity contribution in [2.45, 2.75) is 32.4 Å². The van der Waals surface area contributed by atoms with Gasteiger partial charge >= 0.3 is 0 Å². The Morgan fingerprint density at radius 1 is 1.37 bits per heavy atom. The van der Waals surface area contributed by atoms with E-state index in [1.165, 1.54) is 0 Å². The van der Waals surface area contributed by atoms with Crippen molar-refractivity contribution in [3.05, 3.63) is 11.3 Å². The minimum Gasteiger partial charge on any atom is -0.390 e. The number of nitrogens with two attached hydrogens (primary N) is 1. The maximum absolute atomic E-state index is 10.1. The highest BCUT2D eigenvalue weighted by Gasteiger charge is 2.34. The molecule has 2 rings (SSSR count). The molecule has 3 N–H and O–H groups in total. The lowest BCUT2D eigenvalue weighted by molar-refractivity contribution is 0.114. The number of nitrogen functional groups attached to an aromatic ring is 1. The number of hydrogen-bond donors (Lipinski definition) is 2. The average Bonchev–Trinajstić information content (AvgIpc) is 2.70. The van der Waals surface area contributed by atoms with Gasteiger partial charge in [0, 0.05) is 24.3 Å². The molecule has 2 atom stereocenters. The molecule has 1 aliphatic rings. The van der Waals surface area contributed by atoms with Gasteiger partial charge in [-0.05, 0) is 27.4 Å². The molecule has 1 fully saturated rings. The van der Waals surface area contributed by atoms with Crippen molar-refractivity contribution in [2.75, 3.05) is 37.8 Å². The van der Waals surface area contributed by atoms with Gasteiger partial charge in [-0.1, -0.05) is 6.92 Å². The second kappa shape index (κ2) is 5.30. The van der Waals surface area contributed by atoms with Gasteiger partial charge < -0.3 is 20.6 Å². The zero-order chi connectivity index (χ0) is 14.2. The summed E-state index contributed by atoms with van der Waals surface area (Å²) in [6.07, 6.45) is 0.497. The molecule has 0 aromatic carbocycles. The molecule has 2 heterocycles. The highest BCUT2D eigenvalue weighted by molar-refractivity contribution is 5.53. The molecule has 0 unspecified atom stereocenters. The summed E-state index contributed by atoms with van der Waals surface area (Å²) in [4.78, 5) is 12.8. The minimum atomic E-state index is -0.365. The number of rotatable bonds is 3. The van der Waals surface area contributed by atoms with Crippen molar-refractivity contribution in [1.82, 2.24) is 14.9 Å². The third-order valence-corrected chi connectivity index (χ3v) is 3.78. The Morgan fingerprint density at radius 2 is 2.05 bits per heavy atom. The van der Waals surface area contributed by atoms with Crippen molar-refractivity contribution in [1.29, 1.82) is 0 Å². The monoisotopic (exact) mass is 265 g/mol. The highest BCUT2D eigenvalue weighted by atomic mass is 16.3. The number of β-amino-alcohol motifs (C(OH)–C–C–N with tert-alkyl or cyclic N) is 1. The first-order chi connectivity index (χ1) is 8.93. The Balaban J connectivity index is 2.33. The molecule has 0 spiro atoms. The van der Waals surface area contributed by atoms with Gasteiger partial charge in [-0.15, -0.1) is 0 Å². The van der Waals surface area contributed by atoms with Crippen LogP contribution in [0.2, 0.25) is 0 Å². The Bertz CT molecular complexity index is 463. The number of aliphatic hydroxyl groups is 1. The first-order valence-corrected chi connectivity index (χ1v) is 6.66. The number of aryl methyl sites for hydroxylation is 1. The zero-order valence-electron chi connectivity index (χ0n) is 12.1. The van der Waals surface area contributed by atoms with Crippen LogP contribution in [0.5, 0.6) is 0 Å². The SMILES string of the molecule is CCc1c(C)nc(N)nc1N1C[C@H](O)[C@@H](N(C)C)C1. The summed E-state index contributed by atoms with van der Waals surface area (Å²) in [6, 6.07) is 0.126. The van der Waals surface area contributed by atoms with Crippen LogP contribution in [0, 0.1) is 6.92 Å². The molecule has 0 radical (unpaired) electrons. The lowest BCUT2D eigenvalue weighted by Crippen LogP contribution is -2.38. The number of nitrogens with zero attached hydrogens (tertiary/aromatic N) is 4. The fourth-order valence-electron chi connectivity index (χ4n) is 2.73. The molecular weight excluding hydrogens is 242 g/mol. The molecule has 0 saturated carbocycles. The van der Waals surface area contributed by atoms with Crippen LogP contribution in [0.15, 0.2) is 0 Å². The predicted octanol–water partition coefficient (Wildman–Crippen LogP) is 0.0407. The first-order valence-electron chi connectivity index (χ1n) is 6.66. The average molecular weight is 265 g/mol. The zero-order valence-corrected chi connectivity index (χ0v) is 12.1. The van der Waals surface area contributed by atoms with Crippen LogP contribution >= 0.6 is 0 Å². The van der Waals surface area contributed by atoms with E-state index < -0.39 is 0 Å². The highest BCUT2D eigenvalue weighted by Crippen LogP contribution is 2.26. The first kappa shape index (κ1) is 14.0. The van der Waals surface area contributed by atoms with Crippen molar-refractivity contribution < 1.29 is 5.11 Å². The van der Waals surface area contributed by atoms with E-state index >= 15 is 0 Å². The van der Waals surface area contributed by atoms with Gasteiger partial charge in [-0.3, -0.25) is 0 Å². The molecule has 106 valence electrons. The largest absolute Gasteiger partial charge is 0.390 e. The van der Waals surface area contributed by atoms with Gasteiger partial charge in [0.25, 0.3) is 0 Å². The lowest BCUT2D eigenvalue weighted by atomic mass is 10.1. The Morgan fingerprint density at radius 3 is 2.58 bits per heavy atom. The number of likely N-dealkylation sites (N-methyl/N-ethyl adjacent to an activating group) is 1. The van der Waals surface area contributed by atoms with E-state index in [4.69, 9.17) is 5.73 Å². The maximum atomic E-state index is 10.1. The minimum absolute atomic E-state index is 0.126. The van der Waals surface area contributed by atoms with Gasteiger partial charge in [0.1, 0.15) is 5.82 Å². The molecule has 0 aliphatic carbocycles. The summed E-state index contributed by atoms with van der Waals surface area (Å²) >= 11 is 0. The molecule has 1 saturated heterocycles. The number of anilines is 2. The van der Waals surface area contributed by atoms with Crippen molar-refractivity contribution in [2.24, 2.45) is 0 Å². The lowest BCUT2D eigenvalue weighted by Gasteiger charge is -2.23. The smallest absolute Gasteiger partial charge is 0.222 e. The second-order valence-corrected chi connectivity index (χ2v) is 5.33. The Kier molecular flexibility index (Phi) is 3.91. The van der Waals surface area contributed by atoms with Crippen LogP contribution in [0.25, 0.3) is 0 Å². The van der Waals surface area contributed by atoms with E-state index in [1.807, 2.05) is 25.9 Å². The van der Waals surface area contributed by atoms with Crippen LogP contribution in [-0.2, 0) is 6.42 Å². The summed E-state index contributed by atoms with van der Waals surface area (Å²) in [6.45, 7) is 5.39. The molecule has 1 aliphatic heterocycles. The van der Waals surface area contributed by atoms with Crippen molar-refractivity contribution in [3.63, 3.8) is 0 Å². The van der Waals surface area contributed by atoms with Crippen molar-refractivity contribution in [3.8, 4) is 0 Å². The van der Waals surface area contributed by atoms with Gasteiger partial charge in [-0.25, -0.2) is 4.98 Å². The topological polar surface area (TPSA) is 78.5 Å². The van der Waals surface area contributed by atoms with Crippen LogP contribution in [0.3, 0.4) is 0 Å². The summed E-state index contributed by atoms with van der Waals surface area (Å²) in [7, 11) is 3.97. The van der Waals surface area contributed by atoms with Gasteiger partial charge in [0.2, 0.25) is 5.95 Å². The molecule has 19 heavy (non-hydrogen) atoms. The summed E-state index contributed by atoms with van der Waals surface area (Å²) in [5.74, 6) is 1.17. The molecule has 0 bridgehead atoms. The van der Waals surface area contributed by atoms with Gasteiger partial charge in [-0.2, -0.15) is 4.98 Å². The van der Waals surface area contributed by atoms with Crippen LogP contribution < -0.4 is 10.6 Å². The van der Waals surface area contributed by atoms with Gasteiger partial charge in [0.15, 0.2) is 0 Å². The summed E-state index contributed by atoms with van der Waals surface area (Å²) < 4.78 is 0. The third-order valence-electron chi connectivity index (χ3n) is 3.78. The Hall–Kier alpha value is -1.40. The number of hydrogen-bond acceptors (Lipinski definition) is 6. The van der Waals surface area contributed by atoms with Crippen LogP contribution in [0.1, 0.15) is 18.2 Å². The standard InChI is InChI=1S/C13H23N5O/c1-5-9-8(2)15-13(14)16-12(9)18-6-10(17(3)4)11(19)7-18/h10-11,19H,5-7H2,1-4H3,(H2,14,15,16)/t10-,11-/m0/s1. The van der Waals surface area contributed by atoms with E-state index in [1.54, 1.807) is 0 Å². The Labute approximate surface area is 114 Å². The third kappa shape index (κ3) is 2.64. The summed E-state index contributed by atoms with van der Waals surface area (Å²) in [5, 5.41) is 10.1. The molecule has 6 nitrogen and oxygen atoms in total. The number of aliphatic hydroxyl groups excluding tert-OH is 1. The van der Waals surface area contributed by atoms with Gasteiger partial charge in [0.05, 0.1) is 12.1 Å². The van der Waals surface area contributed by atoms with E-state index in [0.29, 0.717) is 12.5 Å². The van der Waals surface area contributed by atoms with Crippen LogP contribution in [0.4, 0.5) is 11.8 Å². The van der Waals surface area contributed by atoms with E-state index in [9.17, 15) is 5.11 Å². The maximum Gasteiger partial charge on any atom is 0.222 e. The molecular formula is C13H23N5O. The van der Waals surface area contributed by atoms with Crippen molar-refractivity contribution >= 4 is 11.8 Å². The molecule has 1 aromatic rings. The second-order valence-electron chi connectivity index (χ2n) is 5.33. The number of aromatic nitrogens is 2. The fourth-order valence-corrected chi connectivity index (χ4v) is 2.73. The predicted molar refractivity (Wildman–Crippen MR) is 76.3 cm³/mol. The molecule has 1 aromatic heterocycles. The van der Waals surface area contributed by atoms with E-state index in [-0.39, 0.29) is 12.1 Å². The normalized spacial score (nSPS) is 23.4. The van der Waals surface area contributed by atoms with Crippen LogP contribution in [-0.4, -0.2) is 59.3 Å². The van der Waals surface area contributed by atoms with E-state index in [2.05, 4.69) is 21.8 Å². The molecule has 6 heteroatoms. The fraction of sp³-hybridized carbons (Fsp3) is 0.692. The quantitative estimate of drug-likeness (QED) is 0.803. The summed E-state index contributed by atoms with van der Waals surface area (Å²) in [5.41, 5.74) is 7.79. The van der Waals surface area contributed by atoms with E-state index in [0.717, 1.165) is 30.0 Å².